The summed E-state index contributed by atoms with van der Waals surface area (Å²) in [5.74, 6) is 0.654. The highest BCUT2D eigenvalue weighted by molar-refractivity contribution is 7.09. The number of aryl methyl sites for hydroxylation is 1. The van der Waals surface area contributed by atoms with Crippen molar-refractivity contribution in [2.45, 2.75) is 33.2 Å². The normalized spacial score (nSPS) is 13.8. The molecular formula is C9H16N2S. The van der Waals surface area contributed by atoms with Crippen LogP contribution in [0.2, 0.25) is 0 Å². The van der Waals surface area contributed by atoms with Crippen molar-refractivity contribution in [3.05, 3.63) is 16.1 Å². The first-order chi connectivity index (χ1) is 5.61. The topological polar surface area (TPSA) is 38.9 Å². The zero-order valence-electron chi connectivity index (χ0n) is 7.87. The van der Waals surface area contributed by atoms with Gasteiger partial charge in [-0.05, 0) is 19.3 Å². The highest BCUT2D eigenvalue weighted by Crippen LogP contribution is 2.24. The number of rotatable bonds is 3. The van der Waals surface area contributed by atoms with E-state index >= 15 is 0 Å². The first-order valence-electron chi connectivity index (χ1n) is 4.26. The summed E-state index contributed by atoms with van der Waals surface area (Å²) in [5, 5.41) is 0. The van der Waals surface area contributed by atoms with Crippen LogP contribution in [0, 0.1) is 12.8 Å². The molecule has 0 amide bonds. The van der Waals surface area contributed by atoms with E-state index in [4.69, 9.17) is 5.73 Å². The van der Waals surface area contributed by atoms with Crippen molar-refractivity contribution in [3.63, 3.8) is 0 Å². The van der Waals surface area contributed by atoms with Gasteiger partial charge in [-0.1, -0.05) is 13.8 Å². The lowest BCUT2D eigenvalue weighted by Gasteiger charge is -2.12. The van der Waals surface area contributed by atoms with Crippen molar-refractivity contribution in [1.29, 1.82) is 0 Å². The van der Waals surface area contributed by atoms with Gasteiger partial charge in [0, 0.05) is 10.9 Å². The number of nitrogens with zero attached hydrogens (tertiary/aromatic N) is 1. The second-order valence-electron chi connectivity index (χ2n) is 3.54. The van der Waals surface area contributed by atoms with Gasteiger partial charge in [-0.3, -0.25) is 0 Å². The van der Waals surface area contributed by atoms with Gasteiger partial charge in [0.2, 0.25) is 0 Å². The Labute approximate surface area is 77.8 Å². The van der Waals surface area contributed by atoms with Gasteiger partial charge in [-0.15, -0.1) is 11.3 Å². The van der Waals surface area contributed by atoms with Gasteiger partial charge in [0.05, 0.1) is 11.2 Å². The molecule has 1 aromatic rings. The molecule has 68 valence electrons. The average Bonchev–Trinajstić information content (AvgIpc) is 2.33. The van der Waals surface area contributed by atoms with Crippen LogP contribution in [0.4, 0.5) is 0 Å². The Bertz CT molecular complexity index is 242. The van der Waals surface area contributed by atoms with Crippen LogP contribution in [0.5, 0.6) is 0 Å². The van der Waals surface area contributed by atoms with Gasteiger partial charge in [0.15, 0.2) is 0 Å². The van der Waals surface area contributed by atoms with E-state index in [0.29, 0.717) is 5.92 Å². The van der Waals surface area contributed by atoms with Crippen molar-refractivity contribution in [2.24, 2.45) is 11.7 Å². The lowest BCUT2D eigenvalue weighted by Crippen LogP contribution is -2.12. The van der Waals surface area contributed by atoms with E-state index in [2.05, 4.69) is 18.8 Å². The first kappa shape index (κ1) is 9.68. The van der Waals surface area contributed by atoms with Crippen LogP contribution in [-0.2, 0) is 0 Å². The lowest BCUT2D eigenvalue weighted by molar-refractivity contribution is 0.513. The molecule has 2 N–H and O–H groups in total. The van der Waals surface area contributed by atoms with Crippen molar-refractivity contribution in [3.8, 4) is 0 Å². The molecule has 0 aliphatic rings. The molecule has 0 saturated carbocycles. The number of hydrogen-bond acceptors (Lipinski definition) is 3. The molecule has 0 bridgehead atoms. The maximum atomic E-state index is 6.01. The molecule has 3 heteroatoms. The van der Waals surface area contributed by atoms with Crippen molar-refractivity contribution < 1.29 is 0 Å². The molecular weight excluding hydrogens is 168 g/mol. The molecule has 1 rings (SSSR count). The third kappa shape index (κ3) is 2.29. The van der Waals surface area contributed by atoms with Gasteiger partial charge < -0.3 is 5.73 Å². The minimum atomic E-state index is 0.178. The van der Waals surface area contributed by atoms with Crippen LogP contribution < -0.4 is 5.73 Å². The standard InChI is InChI=1S/C9H16N2S/c1-6(2)4-8(10)9-7(3)11-5-12-9/h5-6,8H,4,10H2,1-3H3. The smallest absolute Gasteiger partial charge is 0.0798 e. The largest absolute Gasteiger partial charge is 0.323 e. The summed E-state index contributed by atoms with van der Waals surface area (Å²) in [6.07, 6.45) is 1.04. The Morgan fingerprint density at radius 3 is 2.67 bits per heavy atom. The first-order valence-corrected chi connectivity index (χ1v) is 5.14. The van der Waals surface area contributed by atoms with Crippen LogP contribution in [-0.4, -0.2) is 4.98 Å². The molecule has 1 aromatic heterocycles. The molecule has 0 aromatic carbocycles. The predicted octanol–water partition coefficient (Wildman–Crippen LogP) is 2.50. The van der Waals surface area contributed by atoms with Crippen molar-refractivity contribution in [1.82, 2.24) is 4.98 Å². The number of hydrogen-bond donors (Lipinski definition) is 1. The Morgan fingerprint density at radius 1 is 1.58 bits per heavy atom. The van der Waals surface area contributed by atoms with Gasteiger partial charge in [-0.25, -0.2) is 4.98 Å². The van der Waals surface area contributed by atoms with Crippen LogP contribution in [0.15, 0.2) is 5.51 Å². The molecule has 1 atom stereocenters. The van der Waals surface area contributed by atoms with E-state index in [1.165, 1.54) is 4.88 Å². The summed E-state index contributed by atoms with van der Waals surface area (Å²) in [6, 6.07) is 0.178. The van der Waals surface area contributed by atoms with Crippen LogP contribution in [0.3, 0.4) is 0 Å². The summed E-state index contributed by atoms with van der Waals surface area (Å²) in [4.78, 5) is 5.42. The van der Waals surface area contributed by atoms with Crippen molar-refractivity contribution >= 4 is 11.3 Å². The molecule has 2 nitrogen and oxygen atoms in total. The Hall–Kier alpha value is -0.410. The quantitative estimate of drug-likeness (QED) is 0.784. The molecule has 0 aliphatic heterocycles. The van der Waals surface area contributed by atoms with Gasteiger partial charge in [0.25, 0.3) is 0 Å². The highest BCUT2D eigenvalue weighted by atomic mass is 32.1. The van der Waals surface area contributed by atoms with Crippen LogP contribution in [0.25, 0.3) is 0 Å². The SMILES string of the molecule is Cc1ncsc1C(N)CC(C)C. The summed E-state index contributed by atoms with van der Waals surface area (Å²) in [7, 11) is 0. The minimum Gasteiger partial charge on any atom is -0.323 e. The highest BCUT2D eigenvalue weighted by Gasteiger charge is 2.12. The summed E-state index contributed by atoms with van der Waals surface area (Å²) >= 11 is 1.66. The van der Waals surface area contributed by atoms with E-state index < -0.39 is 0 Å². The fourth-order valence-corrected chi connectivity index (χ4v) is 2.10. The third-order valence-corrected chi connectivity index (χ3v) is 2.91. The summed E-state index contributed by atoms with van der Waals surface area (Å²) in [5.41, 5.74) is 8.97. The van der Waals surface area contributed by atoms with Crippen molar-refractivity contribution in [2.75, 3.05) is 0 Å². The summed E-state index contributed by atoms with van der Waals surface area (Å²) in [6.45, 7) is 6.40. The van der Waals surface area contributed by atoms with E-state index in [1.807, 2.05) is 12.4 Å². The predicted molar refractivity (Wildman–Crippen MR) is 53.2 cm³/mol. The Balaban J connectivity index is 2.65. The molecule has 0 aliphatic carbocycles. The zero-order chi connectivity index (χ0) is 9.14. The monoisotopic (exact) mass is 184 g/mol. The van der Waals surface area contributed by atoms with Crippen LogP contribution in [0.1, 0.15) is 36.9 Å². The second-order valence-corrected chi connectivity index (χ2v) is 4.42. The molecule has 12 heavy (non-hydrogen) atoms. The lowest BCUT2D eigenvalue weighted by atomic mass is 10.0. The molecule has 0 spiro atoms. The van der Waals surface area contributed by atoms with E-state index in [9.17, 15) is 0 Å². The van der Waals surface area contributed by atoms with Gasteiger partial charge in [-0.2, -0.15) is 0 Å². The number of nitrogens with two attached hydrogens (primary N) is 1. The number of aromatic nitrogens is 1. The molecule has 0 radical (unpaired) electrons. The number of thiazole rings is 1. The molecule has 1 unspecified atom stereocenters. The Kier molecular flexibility index (Phi) is 3.23. The second kappa shape index (κ2) is 4.01. The molecule has 0 saturated heterocycles. The zero-order valence-corrected chi connectivity index (χ0v) is 8.69. The van der Waals surface area contributed by atoms with Crippen LogP contribution >= 0.6 is 11.3 Å². The fraction of sp³-hybridized carbons (Fsp3) is 0.667. The summed E-state index contributed by atoms with van der Waals surface area (Å²) < 4.78 is 0. The fourth-order valence-electron chi connectivity index (χ4n) is 1.28. The maximum Gasteiger partial charge on any atom is 0.0798 e. The maximum absolute atomic E-state index is 6.01. The average molecular weight is 184 g/mol. The Morgan fingerprint density at radius 2 is 2.25 bits per heavy atom. The van der Waals surface area contributed by atoms with E-state index in [1.54, 1.807) is 11.3 Å². The van der Waals surface area contributed by atoms with Gasteiger partial charge in [0.1, 0.15) is 0 Å². The van der Waals surface area contributed by atoms with Gasteiger partial charge >= 0.3 is 0 Å². The third-order valence-electron chi connectivity index (χ3n) is 1.84. The minimum absolute atomic E-state index is 0.178. The molecule has 1 heterocycles. The van der Waals surface area contributed by atoms with E-state index in [0.717, 1.165) is 12.1 Å². The molecule has 0 fully saturated rings. The van der Waals surface area contributed by atoms with E-state index in [-0.39, 0.29) is 6.04 Å².